The SMILES string of the molecule is COc1cc(C)c(NC(=O)[C@H]2CCCN(C(=O)NC3CCCC3)C2)cc1OC. The smallest absolute Gasteiger partial charge is 0.317 e. The Morgan fingerprint density at radius 2 is 1.71 bits per heavy atom. The summed E-state index contributed by atoms with van der Waals surface area (Å²) in [5.74, 6) is 0.930. The number of urea groups is 1. The van der Waals surface area contributed by atoms with Gasteiger partial charge in [0.15, 0.2) is 11.5 Å². The van der Waals surface area contributed by atoms with E-state index in [0.29, 0.717) is 30.3 Å². The molecule has 7 nitrogen and oxygen atoms in total. The molecule has 1 aromatic rings. The average Bonchev–Trinajstić information content (AvgIpc) is 3.22. The van der Waals surface area contributed by atoms with E-state index in [2.05, 4.69) is 10.6 Å². The molecule has 1 atom stereocenters. The zero-order valence-electron chi connectivity index (χ0n) is 17.0. The molecule has 3 rings (SSSR count). The lowest BCUT2D eigenvalue weighted by Gasteiger charge is -2.33. The van der Waals surface area contributed by atoms with E-state index in [4.69, 9.17) is 9.47 Å². The van der Waals surface area contributed by atoms with Crippen molar-refractivity contribution in [1.29, 1.82) is 0 Å². The number of amides is 3. The van der Waals surface area contributed by atoms with Crippen LogP contribution in [0, 0.1) is 12.8 Å². The number of rotatable bonds is 5. The van der Waals surface area contributed by atoms with Gasteiger partial charge in [-0.05, 0) is 44.2 Å². The molecule has 7 heteroatoms. The number of likely N-dealkylation sites (tertiary alicyclic amines) is 1. The van der Waals surface area contributed by atoms with E-state index in [1.54, 1.807) is 25.2 Å². The number of nitrogens with one attached hydrogen (secondary N) is 2. The monoisotopic (exact) mass is 389 g/mol. The van der Waals surface area contributed by atoms with Gasteiger partial charge >= 0.3 is 6.03 Å². The van der Waals surface area contributed by atoms with Crippen molar-refractivity contribution >= 4 is 17.6 Å². The zero-order valence-corrected chi connectivity index (χ0v) is 17.0. The number of anilines is 1. The third kappa shape index (κ3) is 4.69. The summed E-state index contributed by atoms with van der Waals surface area (Å²) in [5, 5.41) is 6.13. The highest BCUT2D eigenvalue weighted by molar-refractivity contribution is 5.94. The standard InChI is InChI=1S/C21H31N3O4/c1-14-11-18(27-2)19(28-3)12-17(14)23-20(25)15-7-6-10-24(13-15)21(26)22-16-8-4-5-9-16/h11-12,15-16H,4-10,13H2,1-3H3,(H,22,26)(H,23,25)/t15-/m0/s1. The Morgan fingerprint density at radius 1 is 1.04 bits per heavy atom. The van der Waals surface area contributed by atoms with Crippen LogP contribution >= 0.6 is 0 Å². The van der Waals surface area contributed by atoms with Gasteiger partial charge in [-0.3, -0.25) is 4.79 Å². The molecule has 1 saturated carbocycles. The molecule has 0 aromatic heterocycles. The average molecular weight is 389 g/mol. The van der Waals surface area contributed by atoms with Crippen LogP contribution in [-0.4, -0.2) is 50.2 Å². The quantitative estimate of drug-likeness (QED) is 0.810. The van der Waals surface area contributed by atoms with Crippen LogP contribution in [0.15, 0.2) is 12.1 Å². The fourth-order valence-electron chi connectivity index (χ4n) is 4.06. The van der Waals surface area contributed by atoms with Crippen LogP contribution < -0.4 is 20.1 Å². The van der Waals surface area contributed by atoms with Crippen LogP contribution in [0.4, 0.5) is 10.5 Å². The van der Waals surface area contributed by atoms with Crippen LogP contribution in [0.1, 0.15) is 44.1 Å². The van der Waals surface area contributed by atoms with E-state index in [1.807, 2.05) is 13.0 Å². The van der Waals surface area contributed by atoms with E-state index >= 15 is 0 Å². The van der Waals surface area contributed by atoms with E-state index in [1.165, 1.54) is 12.8 Å². The summed E-state index contributed by atoms with van der Waals surface area (Å²) in [6.45, 7) is 3.08. The van der Waals surface area contributed by atoms with Crippen molar-refractivity contribution < 1.29 is 19.1 Å². The first-order valence-corrected chi connectivity index (χ1v) is 10.1. The molecule has 2 N–H and O–H groups in total. The van der Waals surface area contributed by atoms with Crippen LogP contribution in [0.5, 0.6) is 11.5 Å². The van der Waals surface area contributed by atoms with Gasteiger partial charge in [-0.25, -0.2) is 4.79 Å². The molecular formula is C21H31N3O4. The highest BCUT2D eigenvalue weighted by Crippen LogP contribution is 2.33. The first-order valence-electron chi connectivity index (χ1n) is 10.1. The molecule has 0 radical (unpaired) electrons. The fourth-order valence-corrected chi connectivity index (χ4v) is 4.06. The van der Waals surface area contributed by atoms with Gasteiger partial charge in [-0.2, -0.15) is 0 Å². The number of aryl methyl sites for hydroxylation is 1. The molecule has 1 aliphatic carbocycles. The molecule has 1 aliphatic heterocycles. The Labute approximate surface area is 166 Å². The van der Waals surface area contributed by atoms with Crippen molar-refractivity contribution in [3.63, 3.8) is 0 Å². The topological polar surface area (TPSA) is 79.9 Å². The van der Waals surface area contributed by atoms with Crippen molar-refractivity contribution in [2.75, 3.05) is 32.6 Å². The highest BCUT2D eigenvalue weighted by atomic mass is 16.5. The third-order valence-corrected chi connectivity index (χ3v) is 5.75. The van der Waals surface area contributed by atoms with E-state index in [-0.39, 0.29) is 23.9 Å². The molecule has 28 heavy (non-hydrogen) atoms. The van der Waals surface area contributed by atoms with Gasteiger partial charge in [0.25, 0.3) is 0 Å². The highest BCUT2D eigenvalue weighted by Gasteiger charge is 2.30. The van der Waals surface area contributed by atoms with E-state index < -0.39 is 0 Å². The Balaban J connectivity index is 1.61. The summed E-state index contributed by atoms with van der Waals surface area (Å²) in [6.07, 6.45) is 6.10. The summed E-state index contributed by atoms with van der Waals surface area (Å²) in [4.78, 5) is 27.2. The number of ether oxygens (including phenoxy) is 2. The molecule has 0 bridgehead atoms. The van der Waals surface area contributed by atoms with E-state index in [0.717, 1.165) is 31.2 Å². The van der Waals surface area contributed by atoms with Crippen molar-refractivity contribution in [1.82, 2.24) is 10.2 Å². The zero-order chi connectivity index (χ0) is 20.1. The van der Waals surface area contributed by atoms with E-state index in [9.17, 15) is 9.59 Å². The van der Waals surface area contributed by atoms with Crippen LogP contribution in [0.2, 0.25) is 0 Å². The van der Waals surface area contributed by atoms with Crippen LogP contribution in [0.3, 0.4) is 0 Å². The molecule has 1 heterocycles. The van der Waals surface area contributed by atoms with Gasteiger partial charge in [-0.15, -0.1) is 0 Å². The molecule has 0 unspecified atom stereocenters. The van der Waals surface area contributed by atoms with Crippen LogP contribution in [0.25, 0.3) is 0 Å². The Hall–Kier alpha value is -2.44. The van der Waals surface area contributed by atoms with Crippen molar-refractivity contribution in [2.45, 2.75) is 51.5 Å². The summed E-state index contributed by atoms with van der Waals surface area (Å²) >= 11 is 0. The van der Waals surface area contributed by atoms with Gasteiger partial charge in [0.1, 0.15) is 0 Å². The lowest BCUT2D eigenvalue weighted by molar-refractivity contribution is -0.121. The molecular weight excluding hydrogens is 358 g/mol. The maximum atomic E-state index is 12.8. The first kappa shape index (κ1) is 20.3. The summed E-state index contributed by atoms with van der Waals surface area (Å²) in [6, 6.07) is 3.87. The molecule has 2 fully saturated rings. The van der Waals surface area contributed by atoms with Crippen molar-refractivity contribution in [2.24, 2.45) is 5.92 Å². The van der Waals surface area contributed by atoms with Gasteiger partial charge in [0, 0.05) is 30.9 Å². The second-order valence-electron chi connectivity index (χ2n) is 7.73. The number of hydrogen-bond acceptors (Lipinski definition) is 4. The molecule has 3 amide bonds. The minimum absolute atomic E-state index is 0.0355. The predicted octanol–water partition coefficient (Wildman–Crippen LogP) is 3.31. The van der Waals surface area contributed by atoms with Crippen molar-refractivity contribution in [3.8, 4) is 11.5 Å². The Morgan fingerprint density at radius 3 is 2.39 bits per heavy atom. The largest absolute Gasteiger partial charge is 0.493 e. The number of hydrogen-bond donors (Lipinski definition) is 2. The van der Waals surface area contributed by atoms with Gasteiger partial charge < -0.3 is 25.0 Å². The lowest BCUT2D eigenvalue weighted by Crippen LogP contribution is -2.49. The molecule has 1 saturated heterocycles. The number of piperidine rings is 1. The van der Waals surface area contributed by atoms with Crippen LogP contribution in [-0.2, 0) is 4.79 Å². The number of carbonyl (C=O) groups is 2. The fraction of sp³-hybridized carbons (Fsp3) is 0.619. The maximum absolute atomic E-state index is 12.8. The summed E-state index contributed by atoms with van der Waals surface area (Å²) in [5.41, 5.74) is 1.60. The van der Waals surface area contributed by atoms with Crippen molar-refractivity contribution in [3.05, 3.63) is 17.7 Å². The number of carbonyl (C=O) groups excluding carboxylic acids is 2. The minimum atomic E-state index is -0.212. The van der Waals surface area contributed by atoms with Gasteiger partial charge in [0.2, 0.25) is 5.91 Å². The minimum Gasteiger partial charge on any atom is -0.493 e. The normalized spacial score (nSPS) is 20.0. The maximum Gasteiger partial charge on any atom is 0.317 e. The molecule has 1 aromatic carbocycles. The molecule has 154 valence electrons. The number of benzene rings is 1. The van der Waals surface area contributed by atoms with Gasteiger partial charge in [-0.1, -0.05) is 12.8 Å². The molecule has 0 spiro atoms. The summed E-state index contributed by atoms with van der Waals surface area (Å²) in [7, 11) is 3.16. The summed E-state index contributed by atoms with van der Waals surface area (Å²) < 4.78 is 10.6. The van der Waals surface area contributed by atoms with Gasteiger partial charge in [0.05, 0.1) is 20.1 Å². The second kappa shape index (κ2) is 9.17. The molecule has 2 aliphatic rings. The second-order valence-corrected chi connectivity index (χ2v) is 7.73. The Bertz CT molecular complexity index is 716. The first-order chi connectivity index (χ1) is 13.5. The number of nitrogens with zero attached hydrogens (tertiary/aromatic N) is 1. The third-order valence-electron chi connectivity index (χ3n) is 5.75. The number of methoxy groups -OCH3 is 2. The Kier molecular flexibility index (Phi) is 6.65. The lowest BCUT2D eigenvalue weighted by atomic mass is 9.97. The predicted molar refractivity (Wildman–Crippen MR) is 108 cm³/mol.